The molecule has 1 aliphatic heterocycles. The third-order valence-corrected chi connectivity index (χ3v) is 5.25. The van der Waals surface area contributed by atoms with Gasteiger partial charge in [-0.3, -0.25) is 14.6 Å². The molecule has 1 aliphatic carbocycles. The van der Waals surface area contributed by atoms with Gasteiger partial charge in [0.15, 0.2) is 11.5 Å². The number of ketones is 1. The number of nitrogens with zero attached hydrogens (tertiary/aromatic N) is 1. The molecular formula is C18H13F4NO4S. The first kappa shape index (κ1) is 20.0. The van der Waals surface area contributed by atoms with Crippen LogP contribution in [0, 0.1) is 0 Å². The number of carbonyl (C=O) groups is 2. The Morgan fingerprint density at radius 3 is 2.57 bits per heavy atom. The second kappa shape index (κ2) is 7.01. The van der Waals surface area contributed by atoms with E-state index in [0.29, 0.717) is 23.1 Å². The largest absolute Gasteiger partial charge is 0.493 e. The molecule has 28 heavy (non-hydrogen) atoms. The van der Waals surface area contributed by atoms with Crippen molar-refractivity contribution in [3.05, 3.63) is 55.9 Å². The molecule has 0 unspecified atom stereocenters. The molecule has 0 saturated heterocycles. The zero-order valence-corrected chi connectivity index (χ0v) is 15.4. The predicted molar refractivity (Wildman–Crippen MR) is 92.8 cm³/mol. The lowest BCUT2D eigenvalue weighted by molar-refractivity contribution is -0.136. The number of aliphatic imine (C=N–C) groups is 1. The summed E-state index contributed by atoms with van der Waals surface area (Å²) in [5.41, 5.74) is 0.181. The molecule has 1 aromatic heterocycles. The summed E-state index contributed by atoms with van der Waals surface area (Å²) in [6, 6.07) is 0.680. The van der Waals surface area contributed by atoms with Crippen molar-refractivity contribution in [3.8, 4) is 0 Å². The second-order valence-electron chi connectivity index (χ2n) is 6.08. The van der Waals surface area contributed by atoms with Crippen LogP contribution in [0.5, 0.6) is 0 Å². The van der Waals surface area contributed by atoms with E-state index in [-0.39, 0.29) is 34.4 Å². The van der Waals surface area contributed by atoms with E-state index in [1.165, 1.54) is 6.92 Å². The molecule has 10 heteroatoms. The van der Waals surface area contributed by atoms with Gasteiger partial charge in [-0.05, 0) is 18.6 Å². The number of fused-ring (bicyclic) bond motifs is 1. The number of rotatable bonds is 5. The first-order valence-electron chi connectivity index (χ1n) is 7.92. The summed E-state index contributed by atoms with van der Waals surface area (Å²) in [5, 5.41) is 10.2. The molecule has 0 radical (unpaired) electrons. The summed E-state index contributed by atoms with van der Waals surface area (Å²) < 4.78 is 58.2. The van der Waals surface area contributed by atoms with Crippen molar-refractivity contribution in [2.45, 2.75) is 25.9 Å². The van der Waals surface area contributed by atoms with E-state index in [9.17, 15) is 27.2 Å². The Bertz CT molecular complexity index is 1010. The molecule has 1 aromatic rings. The number of aliphatic carboxylic acids is 1. The van der Waals surface area contributed by atoms with Gasteiger partial charge in [0.25, 0.3) is 0 Å². The van der Waals surface area contributed by atoms with Crippen LogP contribution in [-0.2, 0) is 15.7 Å². The Morgan fingerprint density at radius 2 is 2.04 bits per heavy atom. The molecule has 1 N–H and O–H groups in total. The maximum atomic E-state index is 14.5. The van der Waals surface area contributed by atoms with Crippen LogP contribution in [0.3, 0.4) is 0 Å². The third-order valence-electron chi connectivity index (χ3n) is 4.28. The fourth-order valence-electron chi connectivity index (χ4n) is 3.13. The van der Waals surface area contributed by atoms with Crippen LogP contribution in [0.1, 0.15) is 35.0 Å². The molecule has 0 saturated carbocycles. The summed E-state index contributed by atoms with van der Waals surface area (Å²) in [7, 11) is 1.13. The van der Waals surface area contributed by atoms with E-state index >= 15 is 0 Å². The summed E-state index contributed by atoms with van der Waals surface area (Å²) >= 11 is 0.340. The van der Waals surface area contributed by atoms with E-state index in [2.05, 4.69) is 4.99 Å². The number of halogens is 4. The van der Waals surface area contributed by atoms with E-state index in [1.807, 2.05) is 0 Å². The Balaban J connectivity index is 2.19. The van der Waals surface area contributed by atoms with Gasteiger partial charge in [-0.2, -0.15) is 13.2 Å². The normalized spacial score (nSPS) is 17.1. The highest BCUT2D eigenvalue weighted by Crippen LogP contribution is 2.42. The molecule has 0 spiro atoms. The standard InChI is InChI=1S/C18H13F4NO4S/c1-7-9(4-13(24)25)14-11(23-7)5-10(19)17(27-2)15(14)16(26)8-3-12(28-6-8)18(20,21)22/h3,6H,4-5H2,1-2H3,(H,24,25). The van der Waals surface area contributed by atoms with E-state index in [0.717, 1.165) is 12.5 Å². The Morgan fingerprint density at radius 1 is 1.36 bits per heavy atom. The minimum absolute atomic E-state index is 0.114. The fraction of sp³-hybridized carbons (Fsp3) is 0.278. The topological polar surface area (TPSA) is 76.0 Å². The highest BCUT2D eigenvalue weighted by molar-refractivity contribution is 7.10. The molecule has 3 rings (SSSR count). The number of methoxy groups -OCH3 is 1. The first-order valence-corrected chi connectivity index (χ1v) is 8.80. The summed E-state index contributed by atoms with van der Waals surface area (Å²) in [6.45, 7) is 1.52. The third kappa shape index (κ3) is 3.39. The van der Waals surface area contributed by atoms with Gasteiger partial charge in [0.05, 0.1) is 24.8 Å². The number of hydrogen-bond donors (Lipinski definition) is 1. The van der Waals surface area contributed by atoms with Crippen LogP contribution in [0.25, 0.3) is 0 Å². The predicted octanol–water partition coefficient (Wildman–Crippen LogP) is 4.68. The molecule has 0 bridgehead atoms. The van der Waals surface area contributed by atoms with Crippen molar-refractivity contribution < 1.29 is 37.0 Å². The number of thiophene rings is 1. The van der Waals surface area contributed by atoms with Gasteiger partial charge in [0, 0.05) is 28.6 Å². The molecule has 2 aliphatic rings. The van der Waals surface area contributed by atoms with Crippen molar-refractivity contribution in [2.24, 2.45) is 4.99 Å². The minimum Gasteiger partial charge on any atom is -0.493 e. The number of carbonyl (C=O) groups excluding carboxylic acids is 1. The molecular weight excluding hydrogens is 402 g/mol. The van der Waals surface area contributed by atoms with Gasteiger partial charge in [0.2, 0.25) is 0 Å². The average Bonchev–Trinajstić information content (AvgIpc) is 3.18. The van der Waals surface area contributed by atoms with E-state index in [1.54, 1.807) is 0 Å². The van der Waals surface area contributed by atoms with Crippen molar-refractivity contribution in [3.63, 3.8) is 0 Å². The van der Waals surface area contributed by atoms with Gasteiger partial charge < -0.3 is 9.84 Å². The fourth-order valence-corrected chi connectivity index (χ4v) is 3.88. The van der Waals surface area contributed by atoms with Crippen LogP contribution < -0.4 is 0 Å². The van der Waals surface area contributed by atoms with Gasteiger partial charge in [-0.25, -0.2) is 4.39 Å². The minimum atomic E-state index is -4.62. The monoisotopic (exact) mass is 415 g/mol. The number of ether oxygens (including phenoxy) is 1. The second-order valence-corrected chi connectivity index (χ2v) is 7.00. The number of hydrogen-bond acceptors (Lipinski definition) is 5. The van der Waals surface area contributed by atoms with Crippen LogP contribution in [0.15, 0.2) is 50.4 Å². The molecule has 2 heterocycles. The summed E-state index contributed by atoms with van der Waals surface area (Å²) in [4.78, 5) is 27.4. The molecule has 0 fully saturated rings. The number of carboxylic acid groups (broad SMARTS) is 1. The van der Waals surface area contributed by atoms with Gasteiger partial charge in [-0.1, -0.05) is 0 Å². The van der Waals surface area contributed by atoms with Crippen LogP contribution in [-0.4, -0.2) is 29.7 Å². The van der Waals surface area contributed by atoms with E-state index < -0.39 is 40.8 Å². The average molecular weight is 415 g/mol. The number of Topliss-reactive ketones (excluding diaryl/α,β-unsaturated/α-hetero) is 1. The molecule has 148 valence electrons. The number of alkyl halides is 3. The smallest absolute Gasteiger partial charge is 0.425 e. The van der Waals surface area contributed by atoms with Crippen molar-refractivity contribution in [1.82, 2.24) is 0 Å². The van der Waals surface area contributed by atoms with Crippen LogP contribution >= 0.6 is 11.3 Å². The summed E-state index contributed by atoms with van der Waals surface area (Å²) in [6.07, 6.45) is -5.39. The lowest BCUT2D eigenvalue weighted by Gasteiger charge is -2.21. The van der Waals surface area contributed by atoms with Crippen LogP contribution in [0.4, 0.5) is 17.6 Å². The molecule has 0 aromatic carbocycles. The zero-order chi connectivity index (χ0) is 20.8. The van der Waals surface area contributed by atoms with Gasteiger partial charge >= 0.3 is 12.1 Å². The Labute approximate surface area is 160 Å². The lowest BCUT2D eigenvalue weighted by Crippen LogP contribution is -2.21. The van der Waals surface area contributed by atoms with Gasteiger partial charge in [0.1, 0.15) is 10.7 Å². The Kier molecular flexibility index (Phi) is 5.00. The highest BCUT2D eigenvalue weighted by Gasteiger charge is 2.39. The van der Waals surface area contributed by atoms with Crippen molar-refractivity contribution >= 4 is 28.8 Å². The van der Waals surface area contributed by atoms with Crippen molar-refractivity contribution in [2.75, 3.05) is 7.11 Å². The quantitative estimate of drug-likeness (QED) is 0.560. The molecule has 0 amide bonds. The first-order chi connectivity index (χ1) is 13.0. The number of allylic oxidation sites excluding steroid dienone is 4. The Hall–Kier alpha value is -2.75. The van der Waals surface area contributed by atoms with Gasteiger partial charge in [-0.15, -0.1) is 11.3 Å². The van der Waals surface area contributed by atoms with Crippen LogP contribution in [0.2, 0.25) is 0 Å². The molecule has 5 nitrogen and oxygen atoms in total. The zero-order valence-electron chi connectivity index (χ0n) is 14.6. The molecule has 0 atom stereocenters. The maximum Gasteiger partial charge on any atom is 0.425 e. The van der Waals surface area contributed by atoms with E-state index in [4.69, 9.17) is 9.84 Å². The maximum absolute atomic E-state index is 14.5. The summed E-state index contributed by atoms with van der Waals surface area (Å²) in [5.74, 6) is -3.30. The number of carboxylic acids is 1. The van der Waals surface area contributed by atoms with Crippen molar-refractivity contribution in [1.29, 1.82) is 0 Å². The SMILES string of the molecule is COC1=C(F)CC2=NC(C)=C(CC(=O)O)C2=C1C(=O)c1csc(C(F)(F)F)c1. The lowest BCUT2D eigenvalue weighted by atomic mass is 9.84. The highest BCUT2D eigenvalue weighted by atomic mass is 32.1.